The van der Waals surface area contributed by atoms with Crippen molar-refractivity contribution in [3.63, 3.8) is 0 Å². The van der Waals surface area contributed by atoms with Crippen molar-refractivity contribution in [1.82, 2.24) is 13.8 Å². The van der Waals surface area contributed by atoms with Crippen LogP contribution in [0.4, 0.5) is 0 Å². The van der Waals surface area contributed by atoms with Gasteiger partial charge in [-0.15, -0.1) is 0 Å². The van der Waals surface area contributed by atoms with E-state index in [9.17, 15) is 13.2 Å². The van der Waals surface area contributed by atoms with E-state index in [4.69, 9.17) is 11.6 Å². The van der Waals surface area contributed by atoms with Crippen LogP contribution in [-0.4, -0.2) is 47.2 Å². The molecule has 0 radical (unpaired) electrons. The molecule has 0 aliphatic heterocycles. The summed E-state index contributed by atoms with van der Waals surface area (Å²) in [7, 11) is -3.84. The lowest BCUT2D eigenvalue weighted by atomic mass is 9.94. The fourth-order valence-corrected chi connectivity index (χ4v) is 6.92. The van der Waals surface area contributed by atoms with Crippen LogP contribution in [0, 0.1) is 0 Å². The van der Waals surface area contributed by atoms with Crippen LogP contribution in [0.3, 0.4) is 0 Å². The highest BCUT2D eigenvalue weighted by Crippen LogP contribution is 2.26. The highest BCUT2D eigenvalue weighted by Gasteiger charge is 2.31. The number of rotatable bonds is 11. The molecule has 1 fully saturated rings. The lowest BCUT2D eigenvalue weighted by Crippen LogP contribution is -2.47. The van der Waals surface area contributed by atoms with Crippen LogP contribution >= 0.6 is 27.5 Å². The number of nitrogens with zero attached hydrogens (tertiary/aromatic N) is 3. The standard InChI is InChI=1S/C29H35BrClN3O3S/c1-2-18-33(38(36,37)28-16-14-25(31)15-17-28)22-29(35)34(26-7-4-3-5-8-26)21-27-9-6-19-32(27)20-23-10-12-24(30)13-11-23/h6,9-17,19,26H,2-5,7-8,18,20-22H2,1H3. The van der Waals surface area contributed by atoms with Gasteiger partial charge in [0.2, 0.25) is 15.9 Å². The van der Waals surface area contributed by atoms with Gasteiger partial charge in [-0.2, -0.15) is 4.31 Å². The molecule has 0 N–H and O–H groups in total. The van der Waals surface area contributed by atoms with Gasteiger partial charge >= 0.3 is 0 Å². The molecule has 1 aliphatic carbocycles. The van der Waals surface area contributed by atoms with Crippen LogP contribution in [0.1, 0.15) is 56.7 Å². The summed E-state index contributed by atoms with van der Waals surface area (Å²) in [6.07, 6.45) is 7.86. The minimum Gasteiger partial charge on any atom is -0.345 e. The van der Waals surface area contributed by atoms with Gasteiger partial charge in [0, 0.05) is 40.5 Å². The summed E-state index contributed by atoms with van der Waals surface area (Å²) in [6, 6.07) is 18.5. The van der Waals surface area contributed by atoms with Crippen molar-refractivity contribution < 1.29 is 13.2 Å². The van der Waals surface area contributed by atoms with Gasteiger partial charge in [-0.1, -0.05) is 65.8 Å². The fourth-order valence-electron chi connectivity index (χ4n) is 5.05. The molecule has 3 aromatic rings. The molecule has 2 aromatic carbocycles. The zero-order chi connectivity index (χ0) is 27.1. The molecule has 204 valence electrons. The first-order valence-corrected chi connectivity index (χ1v) is 15.8. The Kier molecular flexibility index (Phi) is 10.1. The molecule has 1 aliphatic rings. The summed E-state index contributed by atoms with van der Waals surface area (Å²) in [5.41, 5.74) is 2.21. The van der Waals surface area contributed by atoms with Gasteiger partial charge in [-0.3, -0.25) is 4.79 Å². The second kappa shape index (κ2) is 13.3. The summed E-state index contributed by atoms with van der Waals surface area (Å²) in [5, 5.41) is 0.469. The Hall–Kier alpha value is -2.13. The van der Waals surface area contributed by atoms with Crippen molar-refractivity contribution in [2.45, 2.75) is 69.5 Å². The number of hydrogen-bond donors (Lipinski definition) is 0. The number of carbonyl (C=O) groups is 1. The predicted molar refractivity (Wildman–Crippen MR) is 156 cm³/mol. The molecule has 4 rings (SSSR count). The predicted octanol–water partition coefficient (Wildman–Crippen LogP) is 6.71. The lowest BCUT2D eigenvalue weighted by molar-refractivity contribution is -0.135. The molecule has 0 saturated heterocycles. The van der Waals surface area contributed by atoms with Gasteiger partial charge in [-0.05, 0) is 73.4 Å². The maximum atomic E-state index is 13.9. The first-order chi connectivity index (χ1) is 18.3. The SMILES string of the molecule is CCCN(CC(=O)N(Cc1cccn1Cc1ccc(Br)cc1)C1CCCCC1)S(=O)(=O)c1ccc(Cl)cc1. The Morgan fingerprint density at radius 1 is 1.03 bits per heavy atom. The Bertz CT molecular complexity index is 1300. The van der Waals surface area contributed by atoms with Crippen LogP contribution in [0.25, 0.3) is 0 Å². The normalized spacial score (nSPS) is 14.6. The van der Waals surface area contributed by atoms with Crippen molar-refractivity contribution in [2.75, 3.05) is 13.1 Å². The molecule has 0 unspecified atom stereocenters. The van der Waals surface area contributed by atoms with E-state index in [1.54, 1.807) is 12.1 Å². The van der Waals surface area contributed by atoms with E-state index in [0.717, 1.165) is 35.8 Å². The number of amides is 1. The monoisotopic (exact) mass is 619 g/mol. The van der Waals surface area contributed by atoms with Crippen LogP contribution in [0.2, 0.25) is 5.02 Å². The van der Waals surface area contributed by atoms with E-state index < -0.39 is 10.0 Å². The zero-order valence-electron chi connectivity index (χ0n) is 21.7. The molecule has 9 heteroatoms. The number of benzene rings is 2. The minimum atomic E-state index is -3.84. The largest absolute Gasteiger partial charge is 0.345 e. The minimum absolute atomic E-state index is 0.106. The summed E-state index contributed by atoms with van der Waals surface area (Å²) in [6.45, 7) is 3.17. The van der Waals surface area contributed by atoms with Gasteiger partial charge in [0.05, 0.1) is 18.0 Å². The molecule has 1 amide bonds. The fraction of sp³-hybridized carbons (Fsp3) is 0.414. The van der Waals surface area contributed by atoms with Crippen molar-refractivity contribution in [3.05, 3.63) is 87.6 Å². The van der Waals surface area contributed by atoms with E-state index in [0.29, 0.717) is 24.5 Å². The second-order valence-electron chi connectivity index (χ2n) is 9.86. The molecule has 0 atom stereocenters. The van der Waals surface area contributed by atoms with Crippen molar-refractivity contribution in [3.8, 4) is 0 Å². The third-order valence-electron chi connectivity index (χ3n) is 7.09. The van der Waals surface area contributed by atoms with Gasteiger partial charge < -0.3 is 9.47 Å². The van der Waals surface area contributed by atoms with Crippen molar-refractivity contribution >= 4 is 43.5 Å². The first kappa shape index (κ1) is 28.9. The number of sulfonamides is 1. The number of halogens is 2. The Morgan fingerprint density at radius 2 is 1.71 bits per heavy atom. The van der Waals surface area contributed by atoms with Crippen molar-refractivity contribution in [1.29, 1.82) is 0 Å². The molecular weight excluding hydrogens is 586 g/mol. The van der Waals surface area contributed by atoms with Gasteiger partial charge in [0.1, 0.15) is 0 Å². The number of hydrogen-bond acceptors (Lipinski definition) is 3. The second-order valence-corrected chi connectivity index (χ2v) is 13.1. The smallest absolute Gasteiger partial charge is 0.243 e. The molecule has 1 aromatic heterocycles. The summed E-state index contributed by atoms with van der Waals surface area (Å²) < 4.78 is 31.5. The Balaban J connectivity index is 1.57. The average Bonchev–Trinajstić information content (AvgIpc) is 3.35. The quantitative estimate of drug-likeness (QED) is 0.239. The molecule has 0 spiro atoms. The van der Waals surface area contributed by atoms with Gasteiger partial charge in [0.15, 0.2) is 0 Å². The zero-order valence-corrected chi connectivity index (χ0v) is 24.9. The van der Waals surface area contributed by atoms with Gasteiger partial charge in [-0.25, -0.2) is 8.42 Å². The third-order valence-corrected chi connectivity index (χ3v) is 9.73. The van der Waals surface area contributed by atoms with Crippen LogP contribution in [0.5, 0.6) is 0 Å². The summed E-state index contributed by atoms with van der Waals surface area (Å²) in [5.74, 6) is -0.153. The molecule has 6 nitrogen and oxygen atoms in total. The topological polar surface area (TPSA) is 62.6 Å². The highest BCUT2D eigenvalue weighted by molar-refractivity contribution is 9.10. The van der Waals surface area contributed by atoms with E-state index in [2.05, 4.69) is 38.7 Å². The Labute approximate surface area is 239 Å². The highest BCUT2D eigenvalue weighted by atomic mass is 79.9. The first-order valence-electron chi connectivity index (χ1n) is 13.2. The summed E-state index contributed by atoms with van der Waals surface area (Å²) in [4.78, 5) is 15.9. The molecule has 0 bridgehead atoms. The number of carbonyl (C=O) groups excluding carboxylic acids is 1. The van der Waals surface area contributed by atoms with Crippen molar-refractivity contribution in [2.24, 2.45) is 0 Å². The van der Waals surface area contributed by atoms with Gasteiger partial charge in [0.25, 0.3) is 0 Å². The maximum absolute atomic E-state index is 13.9. The van der Waals surface area contributed by atoms with E-state index in [1.807, 2.05) is 36.2 Å². The van der Waals surface area contributed by atoms with E-state index in [-0.39, 0.29) is 29.9 Å². The molecule has 1 saturated carbocycles. The molecule has 38 heavy (non-hydrogen) atoms. The van der Waals surface area contributed by atoms with Crippen LogP contribution in [0.15, 0.2) is 76.2 Å². The summed E-state index contributed by atoms with van der Waals surface area (Å²) >= 11 is 9.47. The number of aromatic nitrogens is 1. The Morgan fingerprint density at radius 3 is 2.37 bits per heavy atom. The van der Waals surface area contributed by atoms with Crippen LogP contribution in [-0.2, 0) is 27.9 Å². The van der Waals surface area contributed by atoms with E-state index >= 15 is 0 Å². The van der Waals surface area contributed by atoms with E-state index in [1.165, 1.54) is 28.4 Å². The lowest BCUT2D eigenvalue weighted by Gasteiger charge is -2.36. The van der Waals surface area contributed by atoms with Crippen LogP contribution < -0.4 is 0 Å². The third kappa shape index (κ3) is 7.29. The molecular formula is C29H35BrClN3O3S. The average molecular weight is 621 g/mol. The molecule has 1 heterocycles. The maximum Gasteiger partial charge on any atom is 0.243 e.